The Morgan fingerprint density at radius 2 is 1.33 bits per heavy atom. The van der Waals surface area contributed by atoms with Gasteiger partial charge in [0.15, 0.2) is 6.29 Å². The van der Waals surface area contributed by atoms with Crippen molar-refractivity contribution in [3.05, 3.63) is 95.6 Å². The number of hydrogen-bond donors (Lipinski definition) is 2. The Hall–Kier alpha value is -2.75. The zero-order valence-corrected chi connectivity index (χ0v) is 30.9. The van der Waals surface area contributed by atoms with Crippen molar-refractivity contribution in [1.82, 2.24) is 4.90 Å². The predicted octanol–water partition coefficient (Wildman–Crippen LogP) is 9.79. The van der Waals surface area contributed by atoms with Gasteiger partial charge in [-0.3, -0.25) is 4.72 Å². The number of anilines is 1. The van der Waals surface area contributed by atoms with Crippen LogP contribution in [0.25, 0.3) is 0 Å². The molecule has 1 aliphatic rings. The second kappa shape index (κ2) is 20.8. The number of nitrogens with zero attached hydrogens (tertiary/aromatic N) is 1. The maximum Gasteiger partial charge on any atom is 0.261 e. The molecule has 270 valence electrons. The number of aliphatic hydroxyl groups excluding tert-OH is 1. The van der Waals surface area contributed by atoms with Gasteiger partial charge in [0.05, 0.1) is 23.7 Å². The van der Waals surface area contributed by atoms with Gasteiger partial charge in [0.2, 0.25) is 0 Å². The Morgan fingerprint density at radius 3 is 1.94 bits per heavy atom. The SMILES string of the molecule is CCCCCCCCN(CCCCCCCC)CC1OC(c2cccc(NS(=O)(=O)c3ccccc3)c2)OC(c2ccc(CO)cc2)C1C. The van der Waals surface area contributed by atoms with E-state index in [1.807, 2.05) is 42.5 Å². The van der Waals surface area contributed by atoms with Crippen LogP contribution in [0, 0.1) is 5.92 Å². The van der Waals surface area contributed by atoms with Gasteiger partial charge in [0.25, 0.3) is 10.0 Å². The largest absolute Gasteiger partial charge is 0.392 e. The highest BCUT2D eigenvalue weighted by molar-refractivity contribution is 7.92. The Bertz CT molecular complexity index is 1430. The summed E-state index contributed by atoms with van der Waals surface area (Å²) in [6, 6.07) is 23.7. The topological polar surface area (TPSA) is 88.1 Å². The summed E-state index contributed by atoms with van der Waals surface area (Å²) in [5, 5.41) is 9.66. The first-order chi connectivity index (χ1) is 23.8. The number of sulfonamides is 1. The fraction of sp³-hybridized carbons (Fsp3) is 0.561. The zero-order valence-electron chi connectivity index (χ0n) is 30.1. The van der Waals surface area contributed by atoms with Crippen molar-refractivity contribution in [3.63, 3.8) is 0 Å². The minimum absolute atomic E-state index is 0.00670. The average molecular weight is 693 g/mol. The number of hydrogen-bond acceptors (Lipinski definition) is 6. The molecule has 0 aromatic heterocycles. The maximum absolute atomic E-state index is 13.1. The molecular weight excluding hydrogens is 633 g/mol. The summed E-state index contributed by atoms with van der Waals surface area (Å²) >= 11 is 0. The van der Waals surface area contributed by atoms with Crippen LogP contribution in [0.15, 0.2) is 83.8 Å². The van der Waals surface area contributed by atoms with E-state index in [1.165, 1.54) is 77.0 Å². The highest BCUT2D eigenvalue weighted by atomic mass is 32.2. The molecular formula is C41H60N2O5S. The molecule has 1 heterocycles. The fourth-order valence-corrected chi connectivity index (χ4v) is 7.74. The summed E-state index contributed by atoms with van der Waals surface area (Å²) in [5.74, 6) is 0.0765. The van der Waals surface area contributed by atoms with Crippen LogP contribution in [0.3, 0.4) is 0 Å². The first-order valence-corrected chi connectivity index (χ1v) is 20.2. The second-order valence-electron chi connectivity index (χ2n) is 13.7. The van der Waals surface area contributed by atoms with Gasteiger partial charge < -0.3 is 19.5 Å². The molecule has 4 rings (SSSR count). The zero-order chi connectivity index (χ0) is 34.9. The third-order valence-electron chi connectivity index (χ3n) is 9.68. The lowest BCUT2D eigenvalue weighted by atomic mass is 9.90. The molecule has 3 aromatic rings. The Balaban J connectivity index is 1.54. The molecule has 49 heavy (non-hydrogen) atoms. The number of ether oxygens (including phenoxy) is 2. The van der Waals surface area contributed by atoms with Gasteiger partial charge in [0, 0.05) is 23.7 Å². The fourth-order valence-electron chi connectivity index (χ4n) is 6.67. The Labute approximate surface area is 296 Å². The Kier molecular flexibility index (Phi) is 16.6. The normalized spacial score (nSPS) is 19.7. The smallest absolute Gasteiger partial charge is 0.261 e. The molecule has 0 spiro atoms. The maximum atomic E-state index is 13.1. The van der Waals surface area contributed by atoms with E-state index in [9.17, 15) is 13.5 Å². The molecule has 8 heteroatoms. The minimum atomic E-state index is -3.75. The average Bonchev–Trinajstić information content (AvgIpc) is 3.12. The van der Waals surface area contributed by atoms with E-state index in [1.54, 1.807) is 36.4 Å². The summed E-state index contributed by atoms with van der Waals surface area (Å²) in [5.41, 5.74) is 3.13. The molecule has 1 saturated heterocycles. The van der Waals surface area contributed by atoms with E-state index in [0.717, 1.165) is 36.3 Å². The molecule has 3 aromatic carbocycles. The van der Waals surface area contributed by atoms with E-state index in [-0.39, 0.29) is 29.6 Å². The summed E-state index contributed by atoms with van der Waals surface area (Å²) in [6.45, 7) is 9.67. The van der Waals surface area contributed by atoms with Crippen molar-refractivity contribution in [2.24, 2.45) is 5.92 Å². The third kappa shape index (κ3) is 12.5. The lowest BCUT2D eigenvalue weighted by Gasteiger charge is -2.43. The predicted molar refractivity (Wildman–Crippen MR) is 200 cm³/mol. The van der Waals surface area contributed by atoms with E-state index < -0.39 is 16.3 Å². The first kappa shape index (κ1) is 39.0. The number of nitrogens with one attached hydrogen (secondary N) is 1. The molecule has 7 nitrogen and oxygen atoms in total. The second-order valence-corrected chi connectivity index (χ2v) is 15.4. The first-order valence-electron chi connectivity index (χ1n) is 18.8. The molecule has 0 saturated carbocycles. The van der Waals surface area contributed by atoms with Crippen molar-refractivity contribution >= 4 is 15.7 Å². The molecule has 1 aliphatic heterocycles. The van der Waals surface area contributed by atoms with Crippen LogP contribution >= 0.6 is 0 Å². The van der Waals surface area contributed by atoms with Gasteiger partial charge in [-0.2, -0.15) is 0 Å². The van der Waals surface area contributed by atoms with Crippen LogP contribution in [0.2, 0.25) is 0 Å². The van der Waals surface area contributed by atoms with E-state index in [4.69, 9.17) is 9.47 Å². The van der Waals surface area contributed by atoms with Crippen molar-refractivity contribution in [1.29, 1.82) is 0 Å². The molecule has 4 unspecified atom stereocenters. The Morgan fingerprint density at radius 1 is 0.714 bits per heavy atom. The molecule has 0 amide bonds. The minimum Gasteiger partial charge on any atom is -0.392 e. The summed E-state index contributed by atoms with van der Waals surface area (Å²) in [4.78, 5) is 2.82. The number of rotatable bonds is 22. The van der Waals surface area contributed by atoms with Crippen molar-refractivity contribution in [2.75, 3.05) is 24.4 Å². The van der Waals surface area contributed by atoms with Crippen LogP contribution in [0.4, 0.5) is 5.69 Å². The summed E-state index contributed by atoms with van der Waals surface area (Å²) < 4.78 is 42.5. The van der Waals surface area contributed by atoms with Gasteiger partial charge in [-0.1, -0.05) is 140 Å². The number of unbranched alkanes of at least 4 members (excludes halogenated alkanes) is 10. The highest BCUT2D eigenvalue weighted by Gasteiger charge is 2.39. The van der Waals surface area contributed by atoms with Gasteiger partial charge >= 0.3 is 0 Å². The van der Waals surface area contributed by atoms with Gasteiger partial charge in [-0.25, -0.2) is 8.42 Å². The molecule has 4 atom stereocenters. The quantitative estimate of drug-likeness (QED) is 0.102. The number of aliphatic hydroxyl groups is 1. The number of benzene rings is 3. The molecule has 2 N–H and O–H groups in total. The molecule has 0 aliphatic carbocycles. The van der Waals surface area contributed by atoms with Crippen LogP contribution in [0.5, 0.6) is 0 Å². The molecule has 0 radical (unpaired) electrons. The van der Waals surface area contributed by atoms with Gasteiger partial charge in [-0.15, -0.1) is 0 Å². The van der Waals surface area contributed by atoms with E-state index in [0.29, 0.717) is 5.69 Å². The lowest BCUT2D eigenvalue weighted by molar-refractivity contribution is -0.276. The molecule has 0 bridgehead atoms. The monoisotopic (exact) mass is 692 g/mol. The van der Waals surface area contributed by atoms with Crippen LogP contribution < -0.4 is 4.72 Å². The van der Waals surface area contributed by atoms with E-state index in [2.05, 4.69) is 30.4 Å². The van der Waals surface area contributed by atoms with Gasteiger partial charge in [0.1, 0.15) is 0 Å². The molecule has 1 fully saturated rings. The van der Waals surface area contributed by atoms with Gasteiger partial charge in [-0.05, 0) is 61.3 Å². The summed E-state index contributed by atoms with van der Waals surface area (Å²) in [6.07, 6.45) is 14.3. The highest BCUT2D eigenvalue weighted by Crippen LogP contribution is 2.42. The van der Waals surface area contributed by atoms with Crippen LogP contribution in [-0.2, 0) is 26.1 Å². The van der Waals surface area contributed by atoms with Crippen molar-refractivity contribution in [3.8, 4) is 0 Å². The van der Waals surface area contributed by atoms with Crippen molar-refractivity contribution in [2.45, 2.75) is 128 Å². The van der Waals surface area contributed by atoms with E-state index >= 15 is 0 Å². The van der Waals surface area contributed by atoms with Crippen molar-refractivity contribution < 1.29 is 23.0 Å². The lowest BCUT2D eigenvalue weighted by Crippen LogP contribution is -2.45. The standard InChI is InChI=1S/C41H60N2O5S/c1-4-6-8-10-12-17-28-43(29-18-13-11-9-7-5-2)31-39-33(3)40(35-26-24-34(32-44)25-27-35)48-41(47-39)36-20-19-21-37(30-36)42-49(45,46)38-22-15-14-16-23-38/h14-16,19-27,30,33,39-42,44H,4-13,17-18,28-29,31-32H2,1-3H3. The van der Waals surface area contributed by atoms with Crippen LogP contribution in [-0.4, -0.2) is 44.2 Å². The van der Waals surface area contributed by atoms with Crippen LogP contribution in [0.1, 0.15) is 127 Å². The third-order valence-corrected chi connectivity index (χ3v) is 11.1. The summed E-state index contributed by atoms with van der Waals surface area (Å²) in [7, 11) is -3.75.